The van der Waals surface area contributed by atoms with Gasteiger partial charge in [0.05, 0.1) is 0 Å². The Hall–Kier alpha value is -1.10. The predicted molar refractivity (Wildman–Crippen MR) is 83.9 cm³/mol. The Morgan fingerprint density at radius 3 is 2.75 bits per heavy atom. The SMILES string of the molecule is CC(=O)NC1CCN(C)C1.CNCc1cccc(Cl)c1. The number of amides is 1. The number of hydrogen-bond acceptors (Lipinski definition) is 3. The third-order valence-electron chi connectivity index (χ3n) is 3.07. The molecule has 5 heteroatoms. The Kier molecular flexibility index (Phi) is 7.59. The molecule has 2 rings (SSSR count). The molecule has 0 aliphatic carbocycles. The van der Waals surface area contributed by atoms with Gasteiger partial charge >= 0.3 is 0 Å². The molecule has 1 fully saturated rings. The highest BCUT2D eigenvalue weighted by molar-refractivity contribution is 6.30. The van der Waals surface area contributed by atoms with Gasteiger partial charge in [-0.2, -0.15) is 0 Å². The number of nitrogens with one attached hydrogen (secondary N) is 2. The summed E-state index contributed by atoms with van der Waals surface area (Å²) in [6, 6.07) is 8.22. The highest BCUT2D eigenvalue weighted by Gasteiger charge is 2.19. The quantitative estimate of drug-likeness (QED) is 0.895. The fraction of sp³-hybridized carbons (Fsp3) is 0.533. The topological polar surface area (TPSA) is 44.4 Å². The first kappa shape index (κ1) is 17.0. The van der Waals surface area contributed by atoms with Gasteiger partial charge in [-0.05, 0) is 44.8 Å². The van der Waals surface area contributed by atoms with Crippen LogP contribution in [0.2, 0.25) is 5.02 Å². The van der Waals surface area contributed by atoms with Gasteiger partial charge in [-0.3, -0.25) is 4.79 Å². The molecule has 20 heavy (non-hydrogen) atoms. The van der Waals surface area contributed by atoms with E-state index >= 15 is 0 Å². The van der Waals surface area contributed by atoms with Gasteiger partial charge in [0.2, 0.25) is 5.91 Å². The van der Waals surface area contributed by atoms with Gasteiger partial charge < -0.3 is 15.5 Å². The first-order chi connectivity index (χ1) is 9.51. The van der Waals surface area contributed by atoms with Crippen molar-refractivity contribution in [3.63, 3.8) is 0 Å². The number of carbonyl (C=O) groups excluding carboxylic acids is 1. The van der Waals surface area contributed by atoms with Crippen molar-refractivity contribution >= 4 is 17.5 Å². The van der Waals surface area contributed by atoms with Crippen molar-refractivity contribution < 1.29 is 4.79 Å². The highest BCUT2D eigenvalue weighted by Crippen LogP contribution is 2.09. The second-order valence-electron chi connectivity index (χ2n) is 5.11. The van der Waals surface area contributed by atoms with Crippen LogP contribution in [0.25, 0.3) is 0 Å². The maximum absolute atomic E-state index is 10.6. The lowest BCUT2D eigenvalue weighted by Gasteiger charge is -2.10. The van der Waals surface area contributed by atoms with E-state index in [0.29, 0.717) is 6.04 Å². The van der Waals surface area contributed by atoms with Gasteiger partial charge in [0, 0.05) is 31.1 Å². The number of carbonyl (C=O) groups is 1. The third-order valence-corrected chi connectivity index (χ3v) is 3.30. The minimum Gasteiger partial charge on any atom is -0.352 e. The monoisotopic (exact) mass is 297 g/mol. The lowest BCUT2D eigenvalue weighted by molar-refractivity contribution is -0.119. The normalized spacial score (nSPS) is 18.3. The maximum atomic E-state index is 10.6. The highest BCUT2D eigenvalue weighted by atomic mass is 35.5. The van der Waals surface area contributed by atoms with E-state index < -0.39 is 0 Å². The summed E-state index contributed by atoms with van der Waals surface area (Å²) in [5.41, 5.74) is 1.22. The molecule has 1 unspecified atom stereocenters. The lowest BCUT2D eigenvalue weighted by atomic mass is 10.2. The number of rotatable bonds is 3. The average Bonchev–Trinajstić information content (AvgIpc) is 2.75. The molecule has 1 amide bonds. The largest absolute Gasteiger partial charge is 0.352 e. The Morgan fingerprint density at radius 2 is 2.25 bits per heavy atom. The Morgan fingerprint density at radius 1 is 1.50 bits per heavy atom. The number of nitrogens with zero attached hydrogens (tertiary/aromatic N) is 1. The van der Waals surface area contributed by atoms with Crippen molar-refractivity contribution in [2.75, 3.05) is 27.2 Å². The summed E-state index contributed by atoms with van der Waals surface area (Å²) in [7, 11) is 3.99. The Bertz CT molecular complexity index is 425. The summed E-state index contributed by atoms with van der Waals surface area (Å²) >= 11 is 5.75. The molecule has 0 saturated carbocycles. The van der Waals surface area contributed by atoms with Gasteiger partial charge in [0.1, 0.15) is 0 Å². The van der Waals surface area contributed by atoms with Crippen LogP contribution in [-0.2, 0) is 11.3 Å². The molecular formula is C15H24ClN3O. The molecule has 1 aliphatic heterocycles. The number of benzene rings is 1. The third kappa shape index (κ3) is 6.89. The zero-order valence-corrected chi connectivity index (χ0v) is 13.2. The molecule has 0 bridgehead atoms. The van der Waals surface area contributed by atoms with Crippen LogP contribution in [0.4, 0.5) is 0 Å². The molecule has 2 N–H and O–H groups in total. The average molecular weight is 298 g/mol. The molecule has 0 aromatic heterocycles. The van der Waals surface area contributed by atoms with Crippen LogP contribution < -0.4 is 10.6 Å². The van der Waals surface area contributed by atoms with Crippen LogP contribution in [0.3, 0.4) is 0 Å². The van der Waals surface area contributed by atoms with E-state index in [-0.39, 0.29) is 5.91 Å². The zero-order valence-electron chi connectivity index (χ0n) is 12.4. The standard InChI is InChI=1S/C8H10ClN.C7H14N2O/c1-10-6-7-3-2-4-8(9)5-7;1-6(10)8-7-3-4-9(2)5-7/h2-5,10H,6H2,1H3;7H,3-5H2,1-2H3,(H,8,10). The summed E-state index contributed by atoms with van der Waals surface area (Å²) in [4.78, 5) is 12.8. The molecule has 1 aromatic rings. The minimum absolute atomic E-state index is 0.0836. The van der Waals surface area contributed by atoms with Gasteiger partial charge in [-0.25, -0.2) is 0 Å². The van der Waals surface area contributed by atoms with Crippen LogP contribution >= 0.6 is 11.6 Å². The predicted octanol–water partition coefficient (Wildman–Crippen LogP) is 1.89. The number of hydrogen-bond donors (Lipinski definition) is 2. The van der Waals surface area contributed by atoms with E-state index in [2.05, 4.69) is 22.6 Å². The second-order valence-corrected chi connectivity index (χ2v) is 5.55. The summed E-state index contributed by atoms with van der Waals surface area (Å²) in [6.45, 7) is 4.55. The maximum Gasteiger partial charge on any atom is 0.217 e. The number of likely N-dealkylation sites (N-methyl/N-ethyl adjacent to an activating group) is 1. The van der Waals surface area contributed by atoms with Crippen LogP contribution in [0.5, 0.6) is 0 Å². The molecule has 1 aliphatic rings. The summed E-state index contributed by atoms with van der Waals surface area (Å²) in [5, 5.41) is 6.74. The van der Waals surface area contributed by atoms with E-state index in [1.807, 2.05) is 31.3 Å². The van der Waals surface area contributed by atoms with E-state index in [4.69, 9.17) is 11.6 Å². The van der Waals surface area contributed by atoms with Gasteiger partial charge in [-0.1, -0.05) is 23.7 Å². The lowest BCUT2D eigenvalue weighted by Crippen LogP contribution is -2.34. The molecule has 0 radical (unpaired) electrons. The van der Waals surface area contributed by atoms with Crippen molar-refractivity contribution in [3.05, 3.63) is 34.9 Å². The molecule has 1 aromatic carbocycles. The van der Waals surface area contributed by atoms with E-state index in [1.54, 1.807) is 6.92 Å². The minimum atomic E-state index is 0.0836. The van der Waals surface area contributed by atoms with Crippen molar-refractivity contribution in [2.45, 2.75) is 25.9 Å². The molecule has 1 heterocycles. The van der Waals surface area contributed by atoms with Crippen molar-refractivity contribution in [2.24, 2.45) is 0 Å². The molecule has 1 atom stereocenters. The van der Waals surface area contributed by atoms with Crippen LogP contribution in [0.15, 0.2) is 24.3 Å². The fourth-order valence-corrected chi connectivity index (χ4v) is 2.40. The van der Waals surface area contributed by atoms with E-state index in [1.165, 1.54) is 5.56 Å². The zero-order chi connectivity index (χ0) is 15.0. The molecule has 112 valence electrons. The second kappa shape index (κ2) is 8.95. The van der Waals surface area contributed by atoms with E-state index in [0.717, 1.165) is 31.1 Å². The summed E-state index contributed by atoms with van der Waals surface area (Å²) in [5.74, 6) is 0.0836. The van der Waals surface area contributed by atoms with Crippen LogP contribution in [0, 0.1) is 0 Å². The van der Waals surface area contributed by atoms with Gasteiger partial charge in [0.25, 0.3) is 0 Å². The molecular weight excluding hydrogens is 274 g/mol. The Labute approximate surface area is 126 Å². The first-order valence-electron chi connectivity index (χ1n) is 6.86. The molecule has 4 nitrogen and oxygen atoms in total. The summed E-state index contributed by atoms with van der Waals surface area (Å²) < 4.78 is 0. The van der Waals surface area contributed by atoms with Gasteiger partial charge in [-0.15, -0.1) is 0 Å². The van der Waals surface area contributed by atoms with Crippen LogP contribution in [-0.4, -0.2) is 44.0 Å². The number of likely N-dealkylation sites (tertiary alicyclic amines) is 1. The smallest absolute Gasteiger partial charge is 0.217 e. The fourth-order valence-electron chi connectivity index (χ4n) is 2.19. The Balaban J connectivity index is 0.000000200. The van der Waals surface area contributed by atoms with Gasteiger partial charge in [0.15, 0.2) is 0 Å². The molecule has 0 spiro atoms. The van der Waals surface area contributed by atoms with Crippen molar-refractivity contribution in [1.82, 2.24) is 15.5 Å². The van der Waals surface area contributed by atoms with Crippen molar-refractivity contribution in [3.8, 4) is 0 Å². The van der Waals surface area contributed by atoms with Crippen LogP contribution in [0.1, 0.15) is 18.9 Å². The molecule has 1 saturated heterocycles. The number of halogens is 1. The first-order valence-corrected chi connectivity index (χ1v) is 7.23. The summed E-state index contributed by atoms with van der Waals surface area (Å²) in [6.07, 6.45) is 1.09. The van der Waals surface area contributed by atoms with Crippen molar-refractivity contribution in [1.29, 1.82) is 0 Å². The van der Waals surface area contributed by atoms with E-state index in [9.17, 15) is 4.79 Å².